The summed E-state index contributed by atoms with van der Waals surface area (Å²) in [5.74, 6) is -0.643. The quantitative estimate of drug-likeness (QED) is 0.684. The molecule has 0 aliphatic rings. The first-order valence-corrected chi connectivity index (χ1v) is 9.73. The van der Waals surface area contributed by atoms with Crippen molar-refractivity contribution in [1.82, 2.24) is 5.32 Å². The van der Waals surface area contributed by atoms with Crippen LogP contribution in [0.1, 0.15) is 22.3 Å². The normalized spacial score (nSPS) is 11.7. The van der Waals surface area contributed by atoms with Gasteiger partial charge in [-0.25, -0.2) is 9.18 Å². The number of carbonyl (C=O) groups is 2. The Balaban J connectivity index is 1.99. The number of hydrogen-bond donors (Lipinski definition) is 1. The second kappa shape index (κ2) is 10.2. The van der Waals surface area contributed by atoms with Crippen LogP contribution < -0.4 is 5.32 Å². The minimum absolute atomic E-state index is 0.0524. The molecule has 0 spiro atoms. The molecule has 7 heteroatoms. The minimum Gasteiger partial charge on any atom is -0.459 e. The van der Waals surface area contributed by atoms with Gasteiger partial charge in [0, 0.05) is 10.6 Å². The predicted molar refractivity (Wildman–Crippen MR) is 102 cm³/mol. The van der Waals surface area contributed by atoms with Gasteiger partial charge in [-0.3, -0.25) is 4.79 Å². The van der Waals surface area contributed by atoms with Crippen molar-refractivity contribution in [2.75, 3.05) is 12.0 Å². The maximum atomic E-state index is 13.2. The van der Waals surface area contributed by atoms with E-state index in [0.717, 1.165) is 0 Å². The van der Waals surface area contributed by atoms with Crippen LogP contribution in [0.25, 0.3) is 0 Å². The highest BCUT2D eigenvalue weighted by atomic mass is 35.5. The summed E-state index contributed by atoms with van der Waals surface area (Å²) in [6.45, 7) is -0.0524. The number of carbonyl (C=O) groups excluding carboxylic acids is 2. The molecule has 0 saturated heterocycles. The van der Waals surface area contributed by atoms with Crippen molar-refractivity contribution in [2.45, 2.75) is 19.1 Å². The van der Waals surface area contributed by atoms with Crippen LogP contribution in [0.3, 0.4) is 0 Å². The third-order valence-corrected chi connectivity index (χ3v) is 4.47. The van der Waals surface area contributed by atoms with E-state index in [1.807, 2.05) is 6.26 Å². The Bertz CT molecular complexity index is 755. The number of esters is 1. The first-order chi connectivity index (χ1) is 12.5. The lowest BCUT2D eigenvalue weighted by molar-refractivity contribution is -0.147. The molecule has 0 fully saturated rings. The van der Waals surface area contributed by atoms with Crippen LogP contribution in [0.5, 0.6) is 0 Å². The van der Waals surface area contributed by atoms with E-state index < -0.39 is 17.8 Å². The van der Waals surface area contributed by atoms with Gasteiger partial charge >= 0.3 is 5.97 Å². The van der Waals surface area contributed by atoms with Crippen LogP contribution in [-0.2, 0) is 16.1 Å². The van der Waals surface area contributed by atoms with Gasteiger partial charge in [-0.15, -0.1) is 0 Å². The number of rotatable bonds is 8. The van der Waals surface area contributed by atoms with Gasteiger partial charge < -0.3 is 10.1 Å². The molecule has 1 atom stereocenters. The molecule has 0 aliphatic heterocycles. The fraction of sp³-hybridized carbons (Fsp3) is 0.263. The summed E-state index contributed by atoms with van der Waals surface area (Å²) in [6, 6.07) is 11.4. The Morgan fingerprint density at radius 3 is 2.62 bits per heavy atom. The molecule has 4 nitrogen and oxygen atoms in total. The second-order valence-corrected chi connectivity index (χ2v) is 6.97. The summed E-state index contributed by atoms with van der Waals surface area (Å²) >= 11 is 7.38. The molecule has 1 amide bonds. The smallest absolute Gasteiger partial charge is 0.329 e. The molecule has 0 saturated carbocycles. The van der Waals surface area contributed by atoms with E-state index in [1.54, 1.807) is 48.2 Å². The van der Waals surface area contributed by atoms with E-state index in [0.29, 0.717) is 28.3 Å². The molecular formula is C19H19ClFNO3S. The number of nitrogens with one attached hydrogen (secondary N) is 1. The molecule has 26 heavy (non-hydrogen) atoms. The second-order valence-electron chi connectivity index (χ2n) is 5.55. The zero-order chi connectivity index (χ0) is 18.9. The highest BCUT2D eigenvalue weighted by Gasteiger charge is 2.22. The van der Waals surface area contributed by atoms with Gasteiger partial charge in [-0.05, 0) is 60.4 Å². The van der Waals surface area contributed by atoms with E-state index in [4.69, 9.17) is 16.3 Å². The van der Waals surface area contributed by atoms with Gasteiger partial charge in [0.2, 0.25) is 0 Å². The van der Waals surface area contributed by atoms with E-state index in [-0.39, 0.29) is 12.5 Å². The summed E-state index contributed by atoms with van der Waals surface area (Å²) in [4.78, 5) is 24.7. The molecule has 0 aliphatic carbocycles. The average Bonchev–Trinajstić information content (AvgIpc) is 2.63. The van der Waals surface area contributed by atoms with Crippen molar-refractivity contribution in [3.05, 3.63) is 70.5 Å². The highest BCUT2D eigenvalue weighted by Crippen LogP contribution is 2.11. The van der Waals surface area contributed by atoms with Gasteiger partial charge in [0.05, 0.1) is 0 Å². The van der Waals surface area contributed by atoms with Gasteiger partial charge in [-0.2, -0.15) is 11.8 Å². The monoisotopic (exact) mass is 395 g/mol. The molecule has 1 N–H and O–H groups in total. The summed E-state index contributed by atoms with van der Waals surface area (Å²) < 4.78 is 18.4. The van der Waals surface area contributed by atoms with Gasteiger partial charge in [0.25, 0.3) is 5.91 Å². The summed E-state index contributed by atoms with van der Waals surface area (Å²) in [5.41, 5.74) is 0.951. The van der Waals surface area contributed by atoms with Crippen molar-refractivity contribution in [3.8, 4) is 0 Å². The van der Waals surface area contributed by atoms with Crippen molar-refractivity contribution in [1.29, 1.82) is 0 Å². The average molecular weight is 396 g/mol. The lowest BCUT2D eigenvalue weighted by Crippen LogP contribution is -2.42. The fourth-order valence-electron chi connectivity index (χ4n) is 2.21. The number of halogens is 2. The summed E-state index contributed by atoms with van der Waals surface area (Å²) in [5, 5.41) is 3.21. The molecule has 0 aromatic heterocycles. The van der Waals surface area contributed by atoms with Gasteiger partial charge in [0.1, 0.15) is 18.5 Å². The predicted octanol–water partition coefficient (Wildman–Crippen LogP) is 4.07. The third kappa shape index (κ3) is 6.35. The first kappa shape index (κ1) is 20.3. The molecule has 0 unspecified atom stereocenters. The molecular weight excluding hydrogens is 377 g/mol. The number of benzene rings is 2. The van der Waals surface area contributed by atoms with Crippen LogP contribution in [0, 0.1) is 5.82 Å². The lowest BCUT2D eigenvalue weighted by Gasteiger charge is -2.17. The van der Waals surface area contributed by atoms with E-state index in [2.05, 4.69) is 5.32 Å². The molecule has 2 rings (SSSR count). The zero-order valence-electron chi connectivity index (χ0n) is 14.2. The largest absolute Gasteiger partial charge is 0.459 e. The molecule has 2 aromatic carbocycles. The van der Waals surface area contributed by atoms with Crippen LogP contribution in [-0.4, -0.2) is 29.9 Å². The Hall–Kier alpha value is -2.05. The number of thioether (sulfide) groups is 1. The minimum atomic E-state index is -0.779. The summed E-state index contributed by atoms with van der Waals surface area (Å²) in [7, 11) is 0. The molecule has 138 valence electrons. The molecule has 0 heterocycles. The first-order valence-electron chi connectivity index (χ1n) is 7.96. The Labute approximate surface area is 161 Å². The van der Waals surface area contributed by atoms with Gasteiger partial charge in [-0.1, -0.05) is 23.7 Å². The molecule has 0 bridgehead atoms. The molecule has 2 aromatic rings. The number of amides is 1. The number of ether oxygens (including phenoxy) is 1. The van der Waals surface area contributed by atoms with Crippen molar-refractivity contribution < 1.29 is 18.7 Å². The topological polar surface area (TPSA) is 55.4 Å². The van der Waals surface area contributed by atoms with Crippen LogP contribution in [0.2, 0.25) is 5.02 Å². The number of hydrogen-bond acceptors (Lipinski definition) is 4. The Morgan fingerprint density at radius 1 is 1.23 bits per heavy atom. The van der Waals surface area contributed by atoms with Crippen molar-refractivity contribution in [2.24, 2.45) is 0 Å². The van der Waals surface area contributed by atoms with Gasteiger partial charge in [0.15, 0.2) is 0 Å². The third-order valence-electron chi connectivity index (χ3n) is 3.58. The maximum Gasteiger partial charge on any atom is 0.329 e. The zero-order valence-corrected chi connectivity index (χ0v) is 15.8. The Morgan fingerprint density at radius 2 is 1.96 bits per heavy atom. The fourth-order valence-corrected chi connectivity index (χ4v) is 2.81. The molecule has 0 radical (unpaired) electrons. The van der Waals surface area contributed by atoms with Crippen molar-refractivity contribution >= 4 is 35.2 Å². The van der Waals surface area contributed by atoms with E-state index >= 15 is 0 Å². The standard InChI is InChI=1S/C19H19ClFNO3S/c1-26-10-9-17(22-18(23)14-5-7-15(20)8-6-14)19(24)25-12-13-3-2-4-16(21)11-13/h2-8,11,17H,9-10,12H2,1H3,(H,22,23)/t17-/m0/s1. The summed E-state index contributed by atoms with van der Waals surface area (Å²) in [6.07, 6.45) is 2.35. The Kier molecular flexibility index (Phi) is 7.94. The lowest BCUT2D eigenvalue weighted by atomic mass is 10.1. The van der Waals surface area contributed by atoms with Crippen LogP contribution >= 0.6 is 23.4 Å². The SMILES string of the molecule is CSCC[C@H](NC(=O)c1ccc(Cl)cc1)C(=O)OCc1cccc(F)c1. The highest BCUT2D eigenvalue weighted by molar-refractivity contribution is 7.98. The van der Waals surface area contributed by atoms with E-state index in [1.165, 1.54) is 12.1 Å². The van der Waals surface area contributed by atoms with E-state index in [9.17, 15) is 14.0 Å². The van der Waals surface area contributed by atoms with Crippen LogP contribution in [0.15, 0.2) is 48.5 Å². The maximum absolute atomic E-state index is 13.2. The van der Waals surface area contributed by atoms with Crippen molar-refractivity contribution in [3.63, 3.8) is 0 Å². The van der Waals surface area contributed by atoms with Crippen LogP contribution in [0.4, 0.5) is 4.39 Å².